The Labute approximate surface area is 114 Å². The molecule has 1 unspecified atom stereocenters. The van der Waals surface area contributed by atoms with Crippen molar-refractivity contribution in [2.45, 2.75) is 33.6 Å². The minimum atomic E-state index is -0.0166. The Morgan fingerprint density at radius 2 is 2.11 bits per heavy atom. The topological polar surface area (TPSA) is 61.0 Å². The first-order valence-electron chi connectivity index (χ1n) is 7.10. The Morgan fingerprint density at radius 3 is 2.68 bits per heavy atom. The third-order valence-corrected chi connectivity index (χ3v) is 3.73. The second kappa shape index (κ2) is 6.19. The maximum Gasteiger partial charge on any atom is 0.255 e. The third-order valence-electron chi connectivity index (χ3n) is 3.73. The highest BCUT2D eigenvalue weighted by molar-refractivity contribution is 5.96. The Balaban J connectivity index is 1.80. The van der Waals surface area contributed by atoms with Gasteiger partial charge in [-0.25, -0.2) is 0 Å². The molecule has 1 aromatic rings. The molecule has 1 aromatic heterocycles. The van der Waals surface area contributed by atoms with E-state index in [1.807, 2.05) is 13.8 Å². The van der Waals surface area contributed by atoms with E-state index < -0.39 is 0 Å². The maximum atomic E-state index is 12.1. The number of likely N-dealkylation sites (tertiary alicyclic amines) is 1. The van der Waals surface area contributed by atoms with Crippen molar-refractivity contribution in [2.24, 2.45) is 5.92 Å². The van der Waals surface area contributed by atoms with Gasteiger partial charge >= 0.3 is 0 Å². The van der Waals surface area contributed by atoms with Crippen LogP contribution in [0.3, 0.4) is 0 Å². The van der Waals surface area contributed by atoms with Gasteiger partial charge in [0.05, 0.1) is 11.3 Å². The van der Waals surface area contributed by atoms with Gasteiger partial charge in [0.2, 0.25) is 0 Å². The molecule has 1 aliphatic heterocycles. The molecule has 106 valence electrons. The predicted octanol–water partition coefficient (Wildman–Crippen LogP) is 1.49. The number of rotatable bonds is 5. The average molecular weight is 264 g/mol. The lowest BCUT2D eigenvalue weighted by atomic mass is 10.1. The smallest absolute Gasteiger partial charge is 0.255 e. The largest absolute Gasteiger partial charge is 0.352 e. The number of aryl methyl sites for hydroxylation is 2. The van der Waals surface area contributed by atoms with E-state index >= 15 is 0 Å². The SMILES string of the molecule is Cc1n[nH]c(C)c1C(=O)NCC(C)CN1CCCC1. The van der Waals surface area contributed by atoms with Gasteiger partial charge in [-0.05, 0) is 45.7 Å². The molecule has 19 heavy (non-hydrogen) atoms. The summed E-state index contributed by atoms with van der Waals surface area (Å²) in [6, 6.07) is 0. The van der Waals surface area contributed by atoms with Gasteiger partial charge in [-0.1, -0.05) is 6.92 Å². The van der Waals surface area contributed by atoms with E-state index in [4.69, 9.17) is 0 Å². The molecule has 1 fully saturated rings. The van der Waals surface area contributed by atoms with Crippen molar-refractivity contribution >= 4 is 5.91 Å². The van der Waals surface area contributed by atoms with Crippen molar-refractivity contribution in [3.05, 3.63) is 17.0 Å². The summed E-state index contributed by atoms with van der Waals surface area (Å²) < 4.78 is 0. The molecule has 1 aliphatic rings. The van der Waals surface area contributed by atoms with Crippen molar-refractivity contribution in [3.8, 4) is 0 Å². The molecule has 0 saturated carbocycles. The molecule has 1 amide bonds. The van der Waals surface area contributed by atoms with E-state index in [1.165, 1.54) is 25.9 Å². The highest BCUT2D eigenvalue weighted by atomic mass is 16.1. The van der Waals surface area contributed by atoms with Gasteiger partial charge in [0.25, 0.3) is 5.91 Å². The summed E-state index contributed by atoms with van der Waals surface area (Å²) in [6.45, 7) is 10.1. The van der Waals surface area contributed by atoms with E-state index in [2.05, 4.69) is 27.3 Å². The van der Waals surface area contributed by atoms with E-state index in [0.717, 1.165) is 24.5 Å². The second-order valence-corrected chi connectivity index (χ2v) is 5.63. The lowest BCUT2D eigenvalue weighted by molar-refractivity contribution is 0.0944. The molecule has 2 N–H and O–H groups in total. The van der Waals surface area contributed by atoms with E-state index in [9.17, 15) is 4.79 Å². The Kier molecular flexibility index (Phi) is 4.58. The number of carbonyl (C=O) groups excluding carboxylic acids is 1. The van der Waals surface area contributed by atoms with E-state index in [-0.39, 0.29) is 5.91 Å². The van der Waals surface area contributed by atoms with Crippen LogP contribution in [0.4, 0.5) is 0 Å². The normalized spacial score (nSPS) is 17.6. The molecule has 5 heteroatoms. The molecule has 0 radical (unpaired) electrons. The van der Waals surface area contributed by atoms with Crippen LogP contribution in [-0.2, 0) is 0 Å². The molecule has 0 spiro atoms. The number of carbonyl (C=O) groups is 1. The van der Waals surface area contributed by atoms with Crippen LogP contribution in [-0.4, -0.2) is 47.2 Å². The van der Waals surface area contributed by atoms with Crippen LogP contribution in [0.2, 0.25) is 0 Å². The summed E-state index contributed by atoms with van der Waals surface area (Å²) in [6.07, 6.45) is 2.62. The standard InChI is InChI=1S/C14H24N4O/c1-10(9-18-6-4-5-7-18)8-15-14(19)13-11(2)16-17-12(13)3/h10H,4-9H2,1-3H3,(H,15,19)(H,16,17). The summed E-state index contributed by atoms with van der Waals surface area (Å²) in [5.41, 5.74) is 2.29. The molecule has 0 bridgehead atoms. The highest BCUT2D eigenvalue weighted by Gasteiger charge is 2.18. The molecule has 0 aliphatic carbocycles. The van der Waals surface area contributed by atoms with Gasteiger partial charge in [0.15, 0.2) is 0 Å². The van der Waals surface area contributed by atoms with Gasteiger partial charge in [-0.3, -0.25) is 9.89 Å². The highest BCUT2D eigenvalue weighted by Crippen LogP contribution is 2.11. The first-order valence-corrected chi connectivity index (χ1v) is 7.10. The minimum Gasteiger partial charge on any atom is -0.352 e. The fourth-order valence-corrected chi connectivity index (χ4v) is 2.71. The summed E-state index contributed by atoms with van der Waals surface area (Å²) in [4.78, 5) is 14.6. The Hall–Kier alpha value is -1.36. The van der Waals surface area contributed by atoms with Crippen molar-refractivity contribution in [2.75, 3.05) is 26.2 Å². The van der Waals surface area contributed by atoms with Gasteiger partial charge in [-0.2, -0.15) is 5.10 Å². The summed E-state index contributed by atoms with van der Waals surface area (Å²) in [5.74, 6) is 0.464. The van der Waals surface area contributed by atoms with Crippen molar-refractivity contribution in [3.63, 3.8) is 0 Å². The zero-order valence-electron chi connectivity index (χ0n) is 12.1. The Bertz CT molecular complexity index is 415. The zero-order chi connectivity index (χ0) is 13.8. The molecule has 2 heterocycles. The number of amides is 1. The van der Waals surface area contributed by atoms with Crippen molar-refractivity contribution in [1.82, 2.24) is 20.4 Å². The first kappa shape index (κ1) is 14.1. The van der Waals surface area contributed by atoms with Crippen LogP contribution in [0.1, 0.15) is 41.5 Å². The fraction of sp³-hybridized carbons (Fsp3) is 0.714. The van der Waals surface area contributed by atoms with Gasteiger partial charge < -0.3 is 10.2 Å². The minimum absolute atomic E-state index is 0.0166. The number of H-pyrrole nitrogens is 1. The average Bonchev–Trinajstić information content (AvgIpc) is 2.97. The number of hydrogen-bond acceptors (Lipinski definition) is 3. The molecule has 1 atom stereocenters. The van der Waals surface area contributed by atoms with E-state index in [1.54, 1.807) is 0 Å². The molecule has 2 rings (SSSR count). The fourth-order valence-electron chi connectivity index (χ4n) is 2.71. The van der Waals surface area contributed by atoms with Crippen LogP contribution in [0.5, 0.6) is 0 Å². The van der Waals surface area contributed by atoms with Gasteiger partial charge in [-0.15, -0.1) is 0 Å². The van der Waals surface area contributed by atoms with Crippen LogP contribution >= 0.6 is 0 Å². The molecule has 1 saturated heterocycles. The number of nitrogens with zero attached hydrogens (tertiary/aromatic N) is 2. The lowest BCUT2D eigenvalue weighted by Crippen LogP contribution is -2.34. The first-order chi connectivity index (χ1) is 9.08. The van der Waals surface area contributed by atoms with Crippen LogP contribution in [0, 0.1) is 19.8 Å². The molecular weight excluding hydrogens is 240 g/mol. The number of hydrogen-bond donors (Lipinski definition) is 2. The monoisotopic (exact) mass is 264 g/mol. The lowest BCUT2D eigenvalue weighted by Gasteiger charge is -2.20. The van der Waals surface area contributed by atoms with E-state index in [0.29, 0.717) is 11.5 Å². The summed E-state index contributed by atoms with van der Waals surface area (Å²) >= 11 is 0. The predicted molar refractivity (Wildman–Crippen MR) is 75.2 cm³/mol. The van der Waals surface area contributed by atoms with Crippen molar-refractivity contribution < 1.29 is 4.79 Å². The Morgan fingerprint density at radius 1 is 1.42 bits per heavy atom. The summed E-state index contributed by atoms with van der Waals surface area (Å²) in [7, 11) is 0. The van der Waals surface area contributed by atoms with Gasteiger partial charge in [0.1, 0.15) is 0 Å². The zero-order valence-corrected chi connectivity index (χ0v) is 12.1. The number of aromatic amines is 1. The maximum absolute atomic E-state index is 12.1. The quantitative estimate of drug-likeness (QED) is 0.847. The van der Waals surface area contributed by atoms with Crippen LogP contribution in [0.15, 0.2) is 0 Å². The number of aromatic nitrogens is 2. The number of nitrogens with one attached hydrogen (secondary N) is 2. The molecular formula is C14H24N4O. The summed E-state index contributed by atoms with van der Waals surface area (Å²) in [5, 5.41) is 9.91. The third kappa shape index (κ3) is 3.56. The van der Waals surface area contributed by atoms with Crippen molar-refractivity contribution in [1.29, 1.82) is 0 Å². The molecule has 0 aromatic carbocycles. The van der Waals surface area contributed by atoms with Gasteiger partial charge in [0, 0.05) is 18.8 Å². The van der Waals surface area contributed by atoms with Crippen LogP contribution < -0.4 is 5.32 Å². The molecule has 5 nitrogen and oxygen atoms in total. The second-order valence-electron chi connectivity index (χ2n) is 5.63. The van der Waals surface area contributed by atoms with Crippen LogP contribution in [0.25, 0.3) is 0 Å².